The number of nitrogens with one attached hydrogen (secondary N) is 6. The third kappa shape index (κ3) is 9.26. The van der Waals surface area contributed by atoms with Crippen molar-refractivity contribution in [3.05, 3.63) is 0 Å². The van der Waals surface area contributed by atoms with E-state index >= 15 is 0 Å². The maximum Gasteiger partial charge on any atom is 0.231 e. The van der Waals surface area contributed by atoms with Crippen molar-refractivity contribution in [3.63, 3.8) is 0 Å². The minimum Gasteiger partial charge on any atom is -0.376 e. The summed E-state index contributed by atoms with van der Waals surface area (Å²) in [5, 5.41) is 52.6. The van der Waals surface area contributed by atoms with E-state index in [2.05, 4.69) is 61.8 Å². The maximum atomic E-state index is 9.05. The fraction of sp³-hybridized carbons (Fsp3) is 0.714. The van der Waals surface area contributed by atoms with E-state index in [4.69, 9.17) is 39.4 Å². The molecule has 228 valence electrons. The van der Waals surface area contributed by atoms with Gasteiger partial charge in [0.15, 0.2) is 12.6 Å². The first-order valence-electron chi connectivity index (χ1n) is 12.9. The summed E-state index contributed by atoms with van der Waals surface area (Å²) in [7, 11) is 0. The lowest BCUT2D eigenvalue weighted by Gasteiger charge is -2.43. The van der Waals surface area contributed by atoms with E-state index in [0.717, 1.165) is 0 Å². The van der Waals surface area contributed by atoms with Crippen molar-refractivity contribution >= 4 is 35.7 Å². The minimum absolute atomic E-state index is 0.152. The molecular weight excluding hydrogens is 548 g/mol. The zero-order chi connectivity index (χ0) is 28.9. The fourth-order valence-corrected chi connectivity index (χ4v) is 3.87. The van der Waals surface area contributed by atoms with Gasteiger partial charge in [0, 0.05) is 25.9 Å². The Morgan fingerprint density at radius 2 is 0.756 bits per heavy atom. The summed E-state index contributed by atoms with van der Waals surface area (Å²) in [5.74, 6) is 1.12. The third-order valence-electron chi connectivity index (χ3n) is 5.85. The molecule has 0 aliphatic carbocycles. The zero-order valence-corrected chi connectivity index (χ0v) is 22.2. The van der Waals surface area contributed by atoms with Crippen molar-refractivity contribution in [2.75, 3.05) is 98.3 Å². The van der Waals surface area contributed by atoms with Crippen LogP contribution in [-0.2, 0) is 18.9 Å². The first-order valence-corrected chi connectivity index (χ1v) is 12.9. The summed E-state index contributed by atoms with van der Waals surface area (Å²) in [6.07, 6.45) is 0.173. The molecule has 2 aromatic heterocycles. The Morgan fingerprint density at radius 1 is 0.488 bits per heavy atom. The van der Waals surface area contributed by atoms with Crippen molar-refractivity contribution in [2.45, 2.75) is 25.4 Å². The molecule has 2 aliphatic rings. The van der Waals surface area contributed by atoms with Gasteiger partial charge in [-0.25, -0.2) is 0 Å². The Kier molecular flexibility index (Phi) is 11.5. The van der Waals surface area contributed by atoms with E-state index < -0.39 is 18.0 Å². The first-order chi connectivity index (χ1) is 20.0. The normalized spacial score (nSPS) is 22.2. The molecule has 4 rings (SSSR count). The molecule has 10 N–H and O–H groups in total. The molecule has 0 radical (unpaired) electrons. The van der Waals surface area contributed by atoms with Gasteiger partial charge in [0.1, 0.15) is 26.9 Å². The summed E-state index contributed by atoms with van der Waals surface area (Å²) in [6, 6.07) is 0. The highest BCUT2D eigenvalue weighted by Gasteiger charge is 2.41. The number of aliphatic hydroxyl groups excluding tert-OH is 4. The Balaban J connectivity index is 1.15. The molecule has 0 amide bonds. The summed E-state index contributed by atoms with van der Waals surface area (Å²) >= 11 is 0. The number of rotatable bonds is 16. The maximum absolute atomic E-state index is 9.05. The summed E-state index contributed by atoms with van der Waals surface area (Å²) < 4.78 is 23.7. The van der Waals surface area contributed by atoms with Crippen molar-refractivity contribution in [3.8, 4) is 0 Å². The second kappa shape index (κ2) is 15.5. The van der Waals surface area contributed by atoms with Gasteiger partial charge in [-0.05, 0) is 0 Å². The average molecular weight is 585 g/mol. The van der Waals surface area contributed by atoms with E-state index in [0.29, 0.717) is 52.4 Å². The number of hydrogen-bond donors (Lipinski definition) is 10. The monoisotopic (exact) mass is 584 g/mol. The highest BCUT2D eigenvalue weighted by atomic mass is 16.7. The quantitative estimate of drug-likeness (QED) is 0.0916. The molecule has 20 nitrogen and oxygen atoms in total. The SMILES string of the molecule is OCNc1nc(NCO)nc(NCCC2OCC3(CO2)COC(CCNc2nc(NCO)nc(NCO)n2)OC3)n1. The van der Waals surface area contributed by atoms with Gasteiger partial charge >= 0.3 is 0 Å². The van der Waals surface area contributed by atoms with Gasteiger partial charge in [-0.3, -0.25) is 0 Å². The van der Waals surface area contributed by atoms with E-state index in [1.165, 1.54) is 0 Å². The molecule has 1 spiro atoms. The smallest absolute Gasteiger partial charge is 0.231 e. The van der Waals surface area contributed by atoms with E-state index in [-0.39, 0.29) is 62.6 Å². The van der Waals surface area contributed by atoms with Crippen LogP contribution in [0, 0.1) is 5.41 Å². The van der Waals surface area contributed by atoms with Gasteiger partial charge in [-0.1, -0.05) is 0 Å². The van der Waals surface area contributed by atoms with Crippen LogP contribution in [0.3, 0.4) is 0 Å². The summed E-state index contributed by atoms with van der Waals surface area (Å²) in [4.78, 5) is 24.6. The van der Waals surface area contributed by atoms with E-state index in [1.807, 2.05) is 0 Å². The second-order valence-corrected chi connectivity index (χ2v) is 8.99. The van der Waals surface area contributed by atoms with Crippen LogP contribution in [0.5, 0.6) is 0 Å². The van der Waals surface area contributed by atoms with Crippen LogP contribution in [0.2, 0.25) is 0 Å². The van der Waals surface area contributed by atoms with Crippen molar-refractivity contribution in [2.24, 2.45) is 5.41 Å². The van der Waals surface area contributed by atoms with Gasteiger partial charge in [-0.15, -0.1) is 0 Å². The molecule has 41 heavy (non-hydrogen) atoms. The predicted molar refractivity (Wildman–Crippen MR) is 143 cm³/mol. The van der Waals surface area contributed by atoms with Crippen molar-refractivity contribution in [1.82, 2.24) is 29.9 Å². The Bertz CT molecular complexity index is 937. The molecule has 0 unspecified atom stereocenters. The standard InChI is InChI=1S/C21H36N12O8/c34-9-24-17-28-15(29-18(32-17)25-10-35)22-3-1-13-38-5-21(6-39-13)7-40-14(41-8-21)2-4-23-16-30-19(26-11-36)33-20(31-16)27-12-37/h13-14,34-37H,1-12H2,(H3,22,24,25,28,29,32)(H3,23,26,27,30,31,33). The van der Waals surface area contributed by atoms with Crippen LogP contribution in [0.15, 0.2) is 0 Å². The molecule has 2 aliphatic heterocycles. The summed E-state index contributed by atoms with van der Waals surface area (Å²) in [6.45, 7) is 1.12. The van der Waals surface area contributed by atoms with Crippen molar-refractivity contribution < 1.29 is 39.4 Å². The predicted octanol–water partition coefficient (Wildman–Crippen LogP) is -2.46. The van der Waals surface area contributed by atoms with Gasteiger partial charge in [0.05, 0.1) is 31.8 Å². The van der Waals surface area contributed by atoms with Crippen LogP contribution >= 0.6 is 0 Å². The second-order valence-electron chi connectivity index (χ2n) is 8.99. The zero-order valence-electron chi connectivity index (χ0n) is 22.2. The van der Waals surface area contributed by atoms with Gasteiger partial charge < -0.3 is 71.3 Å². The lowest BCUT2D eigenvalue weighted by atomic mass is 9.90. The van der Waals surface area contributed by atoms with Crippen LogP contribution in [-0.4, -0.2) is 129 Å². The Morgan fingerprint density at radius 3 is 1.02 bits per heavy atom. The van der Waals surface area contributed by atoms with Crippen LogP contribution in [0.25, 0.3) is 0 Å². The Hall–Kier alpha value is -3.50. The molecule has 0 saturated carbocycles. The number of anilines is 6. The molecule has 0 aromatic carbocycles. The third-order valence-corrected chi connectivity index (χ3v) is 5.85. The van der Waals surface area contributed by atoms with Gasteiger partial charge in [0.2, 0.25) is 35.7 Å². The van der Waals surface area contributed by atoms with E-state index in [9.17, 15) is 0 Å². The molecule has 2 saturated heterocycles. The van der Waals surface area contributed by atoms with Crippen LogP contribution in [0.4, 0.5) is 35.7 Å². The number of aliphatic hydroxyl groups is 4. The largest absolute Gasteiger partial charge is 0.376 e. The number of hydrogen-bond acceptors (Lipinski definition) is 20. The highest BCUT2D eigenvalue weighted by Crippen LogP contribution is 2.31. The lowest BCUT2D eigenvalue weighted by Crippen LogP contribution is -2.52. The topological polar surface area (TPSA) is 267 Å². The van der Waals surface area contributed by atoms with Gasteiger partial charge in [-0.2, -0.15) is 29.9 Å². The molecule has 4 heterocycles. The molecule has 2 fully saturated rings. The lowest BCUT2D eigenvalue weighted by molar-refractivity contribution is -0.302. The van der Waals surface area contributed by atoms with Crippen LogP contribution in [0.1, 0.15) is 12.8 Å². The first kappa shape index (κ1) is 30.5. The minimum atomic E-state index is -0.433. The summed E-state index contributed by atoms with van der Waals surface area (Å²) in [5.41, 5.74) is -0.401. The number of aromatic nitrogens is 6. The number of nitrogens with zero attached hydrogens (tertiary/aromatic N) is 6. The van der Waals surface area contributed by atoms with Crippen LogP contribution < -0.4 is 31.9 Å². The molecule has 0 bridgehead atoms. The van der Waals surface area contributed by atoms with E-state index in [1.54, 1.807) is 0 Å². The molecule has 2 aromatic rings. The average Bonchev–Trinajstić information content (AvgIpc) is 2.96. The molecule has 0 atom stereocenters. The Labute approximate surface area is 234 Å². The molecular formula is C21H36N12O8. The van der Waals surface area contributed by atoms with Crippen molar-refractivity contribution in [1.29, 1.82) is 0 Å². The molecule has 20 heteroatoms. The highest BCUT2D eigenvalue weighted by molar-refractivity contribution is 5.42. The number of ether oxygens (including phenoxy) is 4. The fourth-order valence-electron chi connectivity index (χ4n) is 3.87. The van der Waals surface area contributed by atoms with Gasteiger partial charge in [0.25, 0.3) is 0 Å².